The van der Waals surface area contributed by atoms with E-state index in [1.165, 1.54) is 18.4 Å². The number of carbonyl (C=O) groups excluding carboxylic acids is 1. The molecule has 0 aliphatic carbocycles. The summed E-state index contributed by atoms with van der Waals surface area (Å²) >= 11 is 1.35. The molecule has 19 heavy (non-hydrogen) atoms. The molecule has 0 aliphatic rings. The summed E-state index contributed by atoms with van der Waals surface area (Å²) in [7, 11) is 1.50. The van der Waals surface area contributed by atoms with Gasteiger partial charge in [0.05, 0.1) is 18.4 Å². The minimum atomic E-state index is -0.718. The van der Waals surface area contributed by atoms with Crippen LogP contribution in [0.25, 0.3) is 10.1 Å². The van der Waals surface area contributed by atoms with Gasteiger partial charge in [-0.25, -0.2) is 0 Å². The normalized spacial score (nSPS) is 12.5. The van der Waals surface area contributed by atoms with Crippen molar-refractivity contribution in [3.63, 3.8) is 0 Å². The Hall–Kier alpha value is -1.63. The molecule has 0 bridgehead atoms. The molecular formula is C13H16N2O3S. The SMILES string of the molecule is COCC(O)CNC(=O)c1sc2ccccc2c1N. The minimum Gasteiger partial charge on any atom is -0.397 e. The number of amides is 1. The van der Waals surface area contributed by atoms with Gasteiger partial charge in [-0.2, -0.15) is 0 Å². The zero-order chi connectivity index (χ0) is 13.8. The fourth-order valence-electron chi connectivity index (χ4n) is 1.78. The molecule has 1 unspecified atom stereocenters. The highest BCUT2D eigenvalue weighted by Crippen LogP contribution is 2.33. The van der Waals surface area contributed by atoms with E-state index in [0.717, 1.165) is 10.1 Å². The predicted octanol–water partition coefficient (Wildman–Crippen LogP) is 1.22. The molecule has 0 fully saturated rings. The number of benzene rings is 1. The van der Waals surface area contributed by atoms with Crippen molar-refractivity contribution in [3.8, 4) is 0 Å². The topological polar surface area (TPSA) is 84.6 Å². The second kappa shape index (κ2) is 6.01. The van der Waals surface area contributed by atoms with E-state index in [4.69, 9.17) is 10.5 Å². The molecule has 1 heterocycles. The van der Waals surface area contributed by atoms with Crippen molar-refractivity contribution in [2.45, 2.75) is 6.10 Å². The first kappa shape index (κ1) is 13.8. The molecule has 0 radical (unpaired) electrons. The number of rotatable bonds is 5. The van der Waals surface area contributed by atoms with E-state index in [1.807, 2.05) is 24.3 Å². The number of aliphatic hydroxyl groups is 1. The molecule has 102 valence electrons. The maximum atomic E-state index is 12.0. The van der Waals surface area contributed by atoms with E-state index < -0.39 is 6.10 Å². The van der Waals surface area contributed by atoms with Gasteiger partial charge in [0.2, 0.25) is 0 Å². The van der Waals surface area contributed by atoms with Gasteiger partial charge in [-0.1, -0.05) is 18.2 Å². The molecule has 5 nitrogen and oxygen atoms in total. The molecule has 4 N–H and O–H groups in total. The molecule has 2 aromatic rings. The maximum Gasteiger partial charge on any atom is 0.263 e. The summed E-state index contributed by atoms with van der Waals surface area (Å²) in [4.78, 5) is 12.5. The van der Waals surface area contributed by atoms with Gasteiger partial charge in [-0.05, 0) is 6.07 Å². The Kier molecular flexibility index (Phi) is 4.36. The van der Waals surface area contributed by atoms with Gasteiger partial charge < -0.3 is 20.9 Å². The molecular weight excluding hydrogens is 264 g/mol. The Balaban J connectivity index is 2.11. The van der Waals surface area contributed by atoms with E-state index in [9.17, 15) is 9.90 Å². The summed E-state index contributed by atoms with van der Waals surface area (Å²) in [6, 6.07) is 7.60. The minimum absolute atomic E-state index is 0.139. The lowest BCUT2D eigenvalue weighted by Crippen LogP contribution is -2.34. The van der Waals surface area contributed by atoms with Crippen LogP contribution in [0, 0.1) is 0 Å². The van der Waals surface area contributed by atoms with Crippen molar-refractivity contribution in [3.05, 3.63) is 29.1 Å². The summed E-state index contributed by atoms with van der Waals surface area (Å²) in [5.41, 5.74) is 6.45. The van der Waals surface area contributed by atoms with Crippen molar-refractivity contribution in [2.24, 2.45) is 0 Å². The number of carbonyl (C=O) groups is 1. The lowest BCUT2D eigenvalue weighted by atomic mass is 10.2. The summed E-state index contributed by atoms with van der Waals surface area (Å²) in [5.74, 6) is -0.270. The smallest absolute Gasteiger partial charge is 0.263 e. The summed E-state index contributed by atoms with van der Waals surface area (Å²) in [5, 5.41) is 13.0. The Morgan fingerprint density at radius 3 is 2.95 bits per heavy atom. The van der Waals surface area contributed by atoms with E-state index in [0.29, 0.717) is 10.6 Å². The van der Waals surface area contributed by atoms with Crippen LogP contribution in [-0.2, 0) is 4.74 Å². The molecule has 1 aromatic heterocycles. The largest absolute Gasteiger partial charge is 0.397 e. The van der Waals surface area contributed by atoms with Crippen LogP contribution in [-0.4, -0.2) is 37.4 Å². The van der Waals surface area contributed by atoms with Crippen molar-refractivity contribution in [2.75, 3.05) is 26.0 Å². The van der Waals surface area contributed by atoms with Gasteiger partial charge in [0, 0.05) is 23.7 Å². The number of nitrogens with one attached hydrogen (secondary N) is 1. The Morgan fingerprint density at radius 2 is 2.26 bits per heavy atom. The Morgan fingerprint density at radius 1 is 1.53 bits per heavy atom. The van der Waals surface area contributed by atoms with Crippen LogP contribution in [0.15, 0.2) is 24.3 Å². The van der Waals surface area contributed by atoms with E-state index >= 15 is 0 Å². The van der Waals surface area contributed by atoms with Gasteiger partial charge >= 0.3 is 0 Å². The number of methoxy groups -OCH3 is 1. The van der Waals surface area contributed by atoms with E-state index in [2.05, 4.69) is 5.32 Å². The second-order valence-corrected chi connectivity index (χ2v) is 5.21. The van der Waals surface area contributed by atoms with Crippen molar-refractivity contribution >= 4 is 33.0 Å². The standard InChI is InChI=1S/C13H16N2O3S/c1-18-7-8(16)6-15-13(17)12-11(14)9-4-2-3-5-10(9)19-12/h2-5,8,16H,6-7,14H2,1H3,(H,15,17). The van der Waals surface area contributed by atoms with Crippen molar-refractivity contribution in [1.82, 2.24) is 5.32 Å². The van der Waals surface area contributed by atoms with Gasteiger partial charge in [0.25, 0.3) is 5.91 Å². The zero-order valence-electron chi connectivity index (χ0n) is 10.6. The molecule has 1 atom stereocenters. The lowest BCUT2D eigenvalue weighted by molar-refractivity contribution is 0.0611. The first-order valence-electron chi connectivity index (χ1n) is 5.85. The predicted molar refractivity (Wildman–Crippen MR) is 76.5 cm³/mol. The molecule has 0 aliphatic heterocycles. The van der Waals surface area contributed by atoms with Gasteiger partial charge in [-0.15, -0.1) is 11.3 Å². The lowest BCUT2D eigenvalue weighted by Gasteiger charge is -2.10. The molecule has 0 saturated heterocycles. The third-order valence-electron chi connectivity index (χ3n) is 2.70. The number of nitrogen functional groups attached to an aromatic ring is 1. The van der Waals surface area contributed by atoms with Crippen LogP contribution in [0.4, 0.5) is 5.69 Å². The van der Waals surface area contributed by atoms with Crippen LogP contribution in [0.2, 0.25) is 0 Å². The first-order chi connectivity index (χ1) is 9.13. The first-order valence-corrected chi connectivity index (χ1v) is 6.67. The average Bonchev–Trinajstić information content (AvgIpc) is 2.74. The highest BCUT2D eigenvalue weighted by molar-refractivity contribution is 7.21. The third kappa shape index (κ3) is 3.04. The fraction of sp³-hybridized carbons (Fsp3) is 0.308. The molecule has 1 aromatic carbocycles. The van der Waals surface area contributed by atoms with Crippen molar-refractivity contribution < 1.29 is 14.6 Å². The van der Waals surface area contributed by atoms with E-state index in [-0.39, 0.29) is 19.1 Å². The number of ether oxygens (including phenoxy) is 1. The molecule has 6 heteroatoms. The number of anilines is 1. The molecule has 2 rings (SSSR count). The Labute approximate surface area is 115 Å². The second-order valence-electron chi connectivity index (χ2n) is 4.16. The van der Waals surface area contributed by atoms with Gasteiger partial charge in [0.1, 0.15) is 4.88 Å². The number of aliphatic hydroxyl groups excluding tert-OH is 1. The summed E-state index contributed by atoms with van der Waals surface area (Å²) in [6.07, 6.45) is -0.718. The molecule has 0 spiro atoms. The molecule has 1 amide bonds. The van der Waals surface area contributed by atoms with E-state index in [1.54, 1.807) is 0 Å². The van der Waals surface area contributed by atoms with Gasteiger partial charge in [-0.3, -0.25) is 4.79 Å². The highest BCUT2D eigenvalue weighted by Gasteiger charge is 2.16. The molecule has 0 saturated carbocycles. The zero-order valence-corrected chi connectivity index (χ0v) is 11.4. The van der Waals surface area contributed by atoms with Crippen LogP contribution in [0.3, 0.4) is 0 Å². The number of hydrogen-bond acceptors (Lipinski definition) is 5. The fourth-order valence-corrected chi connectivity index (χ4v) is 2.82. The quantitative estimate of drug-likeness (QED) is 0.769. The van der Waals surface area contributed by atoms with Gasteiger partial charge in [0.15, 0.2) is 0 Å². The monoisotopic (exact) mass is 280 g/mol. The number of fused-ring (bicyclic) bond motifs is 1. The van der Waals surface area contributed by atoms with Crippen molar-refractivity contribution in [1.29, 1.82) is 0 Å². The third-order valence-corrected chi connectivity index (χ3v) is 3.88. The van der Waals surface area contributed by atoms with Crippen LogP contribution in [0.5, 0.6) is 0 Å². The van der Waals surface area contributed by atoms with Crippen LogP contribution in [0.1, 0.15) is 9.67 Å². The summed E-state index contributed by atoms with van der Waals surface area (Å²) in [6.45, 7) is 0.322. The number of thiophene rings is 1. The van der Waals surface area contributed by atoms with Crippen LogP contribution < -0.4 is 11.1 Å². The Bertz CT molecular complexity index is 582. The number of nitrogens with two attached hydrogens (primary N) is 1. The average molecular weight is 280 g/mol. The number of hydrogen-bond donors (Lipinski definition) is 3. The maximum absolute atomic E-state index is 12.0. The van der Waals surface area contributed by atoms with Crippen LogP contribution >= 0.6 is 11.3 Å². The highest BCUT2D eigenvalue weighted by atomic mass is 32.1. The summed E-state index contributed by atoms with van der Waals surface area (Å²) < 4.78 is 5.76.